The van der Waals surface area contributed by atoms with Crippen molar-refractivity contribution in [3.8, 4) is 5.75 Å². The Morgan fingerprint density at radius 3 is 2.86 bits per heavy atom. The first-order valence-corrected chi connectivity index (χ1v) is 10.1. The van der Waals surface area contributed by atoms with E-state index in [4.69, 9.17) is 4.74 Å². The van der Waals surface area contributed by atoms with Crippen LogP contribution in [0.25, 0.3) is 0 Å². The van der Waals surface area contributed by atoms with Gasteiger partial charge >= 0.3 is 0 Å². The molecule has 0 bridgehead atoms. The number of hydrogen-bond acceptors (Lipinski definition) is 5. The van der Waals surface area contributed by atoms with Crippen LogP contribution in [-0.4, -0.2) is 58.7 Å². The maximum atomic E-state index is 13.3. The van der Waals surface area contributed by atoms with E-state index in [0.29, 0.717) is 25.1 Å². The number of amides is 2. The van der Waals surface area contributed by atoms with Crippen molar-refractivity contribution < 1.29 is 14.3 Å². The van der Waals surface area contributed by atoms with Crippen LogP contribution in [0.15, 0.2) is 36.7 Å². The lowest BCUT2D eigenvalue weighted by Gasteiger charge is -2.40. The first-order chi connectivity index (χ1) is 14.1. The molecule has 154 valence electrons. The highest BCUT2D eigenvalue weighted by Crippen LogP contribution is 2.38. The van der Waals surface area contributed by atoms with Gasteiger partial charge in [-0.25, -0.2) is 0 Å². The Kier molecular flexibility index (Phi) is 5.53. The van der Waals surface area contributed by atoms with E-state index in [-0.39, 0.29) is 17.9 Å². The molecule has 2 aliphatic rings. The lowest BCUT2D eigenvalue weighted by molar-refractivity contribution is -0.134. The number of nitrogens with one attached hydrogen (secondary N) is 3. The van der Waals surface area contributed by atoms with Gasteiger partial charge in [-0.3, -0.25) is 19.6 Å². The Hall–Kier alpha value is -2.87. The van der Waals surface area contributed by atoms with Crippen molar-refractivity contribution in [1.29, 1.82) is 0 Å². The number of aromatic amines is 1. The third kappa shape index (κ3) is 3.98. The van der Waals surface area contributed by atoms with Crippen LogP contribution in [-0.2, 0) is 11.3 Å². The fourth-order valence-electron chi connectivity index (χ4n) is 4.51. The zero-order valence-electron chi connectivity index (χ0n) is 16.6. The number of methoxy groups -OCH3 is 1. The summed E-state index contributed by atoms with van der Waals surface area (Å²) in [6.45, 7) is 2.05. The second kappa shape index (κ2) is 8.24. The molecule has 0 spiro atoms. The standard InChI is InChI=1S/C21H27N5O3/c1-29-18-6-4-15(5-7-18)11-22-20(28)21-8-2-3-9-26(21)14-17(10-21)25-19(27)16-12-23-24-13-16/h4-7,12-13,17H,2-3,8-11,14H2,1H3,(H,22,28)(H,23,24)(H,25,27)/t17-,21-/m0/s1. The summed E-state index contributed by atoms with van der Waals surface area (Å²) >= 11 is 0. The monoisotopic (exact) mass is 397 g/mol. The van der Waals surface area contributed by atoms with Crippen LogP contribution >= 0.6 is 0 Å². The van der Waals surface area contributed by atoms with E-state index in [9.17, 15) is 9.59 Å². The normalized spacial score (nSPS) is 24.0. The summed E-state index contributed by atoms with van der Waals surface area (Å²) in [5, 5.41) is 12.7. The summed E-state index contributed by atoms with van der Waals surface area (Å²) in [6, 6.07) is 7.64. The first kappa shape index (κ1) is 19.4. The molecule has 2 atom stereocenters. The summed E-state index contributed by atoms with van der Waals surface area (Å²) < 4.78 is 5.18. The molecule has 0 radical (unpaired) electrons. The highest BCUT2D eigenvalue weighted by atomic mass is 16.5. The van der Waals surface area contributed by atoms with Gasteiger partial charge < -0.3 is 15.4 Å². The topological polar surface area (TPSA) is 99.3 Å². The van der Waals surface area contributed by atoms with E-state index in [2.05, 4.69) is 25.7 Å². The lowest BCUT2D eigenvalue weighted by atomic mass is 9.84. The average Bonchev–Trinajstić information content (AvgIpc) is 3.40. The number of fused-ring (bicyclic) bond motifs is 1. The molecule has 29 heavy (non-hydrogen) atoms. The van der Waals surface area contributed by atoms with Gasteiger partial charge in [0.15, 0.2) is 0 Å². The van der Waals surface area contributed by atoms with Crippen molar-refractivity contribution in [1.82, 2.24) is 25.7 Å². The lowest BCUT2D eigenvalue weighted by Crippen LogP contribution is -2.57. The summed E-state index contributed by atoms with van der Waals surface area (Å²) in [7, 11) is 1.63. The number of piperidine rings is 1. The highest BCUT2D eigenvalue weighted by Gasteiger charge is 2.52. The number of carbonyl (C=O) groups excluding carboxylic acids is 2. The third-order valence-electron chi connectivity index (χ3n) is 6.03. The largest absolute Gasteiger partial charge is 0.497 e. The van der Waals surface area contributed by atoms with E-state index >= 15 is 0 Å². The molecular weight excluding hydrogens is 370 g/mol. The van der Waals surface area contributed by atoms with Gasteiger partial charge in [-0.1, -0.05) is 12.1 Å². The summed E-state index contributed by atoms with van der Waals surface area (Å²) in [5.41, 5.74) is 0.993. The van der Waals surface area contributed by atoms with Gasteiger partial charge in [-0.05, 0) is 49.9 Å². The molecule has 1 aromatic heterocycles. The smallest absolute Gasteiger partial charge is 0.254 e. The second-order valence-electron chi connectivity index (χ2n) is 7.83. The van der Waals surface area contributed by atoms with Crippen LogP contribution in [0.2, 0.25) is 0 Å². The van der Waals surface area contributed by atoms with Crippen LogP contribution in [0.3, 0.4) is 0 Å². The van der Waals surface area contributed by atoms with Crippen molar-refractivity contribution in [3.05, 3.63) is 47.8 Å². The number of aromatic nitrogens is 2. The van der Waals surface area contributed by atoms with Crippen molar-refractivity contribution in [3.63, 3.8) is 0 Å². The molecule has 2 saturated heterocycles. The molecule has 3 heterocycles. The molecule has 0 aliphatic carbocycles. The predicted octanol–water partition coefficient (Wildman–Crippen LogP) is 1.46. The fraction of sp³-hybridized carbons (Fsp3) is 0.476. The van der Waals surface area contributed by atoms with Crippen LogP contribution in [0.5, 0.6) is 5.75 Å². The summed E-state index contributed by atoms with van der Waals surface area (Å²) in [4.78, 5) is 27.9. The maximum Gasteiger partial charge on any atom is 0.254 e. The Balaban J connectivity index is 1.41. The molecule has 4 rings (SSSR count). The minimum absolute atomic E-state index is 0.0491. The van der Waals surface area contributed by atoms with Crippen molar-refractivity contribution in [2.75, 3.05) is 20.2 Å². The first-order valence-electron chi connectivity index (χ1n) is 10.1. The highest BCUT2D eigenvalue weighted by molar-refractivity contribution is 5.94. The molecule has 1 aromatic carbocycles. The number of benzene rings is 1. The number of carbonyl (C=O) groups is 2. The zero-order chi connectivity index (χ0) is 20.3. The van der Waals surface area contributed by atoms with E-state index in [1.807, 2.05) is 24.3 Å². The number of nitrogens with zero attached hydrogens (tertiary/aromatic N) is 2. The van der Waals surface area contributed by atoms with Gasteiger partial charge in [0.2, 0.25) is 5.91 Å². The van der Waals surface area contributed by atoms with Gasteiger partial charge in [-0.15, -0.1) is 0 Å². The Morgan fingerprint density at radius 1 is 1.31 bits per heavy atom. The minimum atomic E-state index is -0.543. The molecule has 2 fully saturated rings. The van der Waals surface area contributed by atoms with E-state index in [1.54, 1.807) is 13.3 Å². The molecule has 0 unspecified atom stereocenters. The number of H-pyrrole nitrogens is 1. The van der Waals surface area contributed by atoms with Crippen LogP contribution in [0, 0.1) is 0 Å². The van der Waals surface area contributed by atoms with Gasteiger partial charge in [-0.2, -0.15) is 5.10 Å². The van der Waals surface area contributed by atoms with E-state index in [0.717, 1.165) is 37.1 Å². The minimum Gasteiger partial charge on any atom is -0.497 e. The quantitative estimate of drug-likeness (QED) is 0.685. The van der Waals surface area contributed by atoms with Gasteiger partial charge in [0.1, 0.15) is 11.3 Å². The van der Waals surface area contributed by atoms with E-state index < -0.39 is 5.54 Å². The number of ether oxygens (including phenoxy) is 1. The van der Waals surface area contributed by atoms with Crippen LogP contribution < -0.4 is 15.4 Å². The molecule has 8 heteroatoms. The Bertz CT molecular complexity index is 852. The molecule has 0 saturated carbocycles. The van der Waals surface area contributed by atoms with Gasteiger partial charge in [0.05, 0.1) is 18.9 Å². The molecule has 8 nitrogen and oxygen atoms in total. The molecule has 2 aromatic rings. The van der Waals surface area contributed by atoms with Gasteiger partial charge in [0, 0.05) is 25.3 Å². The van der Waals surface area contributed by atoms with Crippen LogP contribution in [0.1, 0.15) is 41.6 Å². The summed E-state index contributed by atoms with van der Waals surface area (Å²) in [6.07, 6.45) is 6.64. The van der Waals surface area contributed by atoms with Crippen molar-refractivity contribution in [2.24, 2.45) is 0 Å². The predicted molar refractivity (Wildman–Crippen MR) is 107 cm³/mol. The summed E-state index contributed by atoms with van der Waals surface area (Å²) in [5.74, 6) is 0.689. The van der Waals surface area contributed by atoms with E-state index in [1.165, 1.54) is 6.20 Å². The van der Waals surface area contributed by atoms with Gasteiger partial charge in [0.25, 0.3) is 5.91 Å². The molecule has 2 amide bonds. The SMILES string of the molecule is COc1ccc(CNC(=O)[C@@]23CCCCN2C[C@@H](NC(=O)c2cn[nH]c2)C3)cc1. The number of hydrogen-bond donors (Lipinski definition) is 3. The molecular formula is C21H27N5O3. The van der Waals surface area contributed by atoms with Crippen LogP contribution in [0.4, 0.5) is 0 Å². The fourth-order valence-corrected chi connectivity index (χ4v) is 4.51. The Morgan fingerprint density at radius 2 is 2.14 bits per heavy atom. The molecule has 3 N–H and O–H groups in total. The average molecular weight is 397 g/mol. The molecule has 2 aliphatic heterocycles. The zero-order valence-corrected chi connectivity index (χ0v) is 16.6. The maximum absolute atomic E-state index is 13.3. The Labute approximate surface area is 170 Å². The second-order valence-corrected chi connectivity index (χ2v) is 7.83. The van der Waals surface area contributed by atoms with Crippen molar-refractivity contribution in [2.45, 2.75) is 43.8 Å². The van der Waals surface area contributed by atoms with Crippen molar-refractivity contribution >= 4 is 11.8 Å². The number of rotatable bonds is 6. The third-order valence-corrected chi connectivity index (χ3v) is 6.03.